The highest BCUT2D eigenvalue weighted by atomic mass is 19.1. The highest BCUT2D eigenvalue weighted by Crippen LogP contribution is 2.14. The number of benzene rings is 2. The summed E-state index contributed by atoms with van der Waals surface area (Å²) in [7, 11) is 0. The van der Waals surface area contributed by atoms with Crippen molar-refractivity contribution in [2.24, 2.45) is 0 Å². The topological polar surface area (TPSA) is 32.7 Å². The fourth-order valence-electron chi connectivity index (χ4n) is 2.61. The Hall–Kier alpha value is -1.75. The molecule has 2 unspecified atom stereocenters. The lowest BCUT2D eigenvalue weighted by molar-refractivity contribution is -0.0179. The molecule has 24 heavy (non-hydrogen) atoms. The van der Waals surface area contributed by atoms with Crippen LogP contribution in [0.1, 0.15) is 18.1 Å². The molecule has 0 aromatic heterocycles. The molecule has 0 fully saturated rings. The normalized spacial score (nSPS) is 13.8. The van der Waals surface area contributed by atoms with Crippen molar-refractivity contribution in [1.29, 1.82) is 0 Å². The molecule has 0 heterocycles. The van der Waals surface area contributed by atoms with Gasteiger partial charge in [0.05, 0.1) is 19.3 Å². The predicted molar refractivity (Wildman–Crippen MR) is 94.4 cm³/mol. The highest BCUT2D eigenvalue weighted by Gasteiger charge is 2.21. The van der Waals surface area contributed by atoms with Gasteiger partial charge in [-0.15, -0.1) is 0 Å². The summed E-state index contributed by atoms with van der Waals surface area (Å²) in [5, 5.41) is 8.81. The van der Waals surface area contributed by atoms with E-state index in [1.165, 1.54) is 0 Å². The number of alkyl halides is 1. The fourth-order valence-corrected chi connectivity index (χ4v) is 2.61. The summed E-state index contributed by atoms with van der Waals surface area (Å²) in [4.78, 5) is 2.09. The van der Waals surface area contributed by atoms with Gasteiger partial charge >= 0.3 is 0 Å². The summed E-state index contributed by atoms with van der Waals surface area (Å²) in [6.45, 7) is 3.44. The summed E-state index contributed by atoms with van der Waals surface area (Å²) < 4.78 is 19.8. The van der Waals surface area contributed by atoms with Crippen molar-refractivity contribution in [3.05, 3.63) is 71.8 Å². The molecule has 1 N–H and O–H groups in total. The quantitative estimate of drug-likeness (QED) is 0.724. The first-order valence-corrected chi connectivity index (χ1v) is 8.35. The van der Waals surface area contributed by atoms with Crippen LogP contribution in [-0.4, -0.2) is 42.0 Å². The Morgan fingerprint density at radius 3 is 1.92 bits per heavy atom. The molecule has 0 aliphatic carbocycles. The Labute approximate surface area is 143 Å². The summed E-state index contributed by atoms with van der Waals surface area (Å²) in [6.07, 6.45) is -1.64. The second kappa shape index (κ2) is 10.2. The summed E-state index contributed by atoms with van der Waals surface area (Å²) in [5.41, 5.74) is 2.31. The number of ether oxygens (including phenoxy) is 1. The van der Waals surface area contributed by atoms with E-state index < -0.39 is 12.3 Å². The van der Waals surface area contributed by atoms with Crippen molar-refractivity contribution < 1.29 is 14.2 Å². The van der Waals surface area contributed by atoms with E-state index >= 15 is 0 Å². The molecular formula is C20H26FNO2. The lowest BCUT2D eigenvalue weighted by atomic mass is 10.1. The van der Waals surface area contributed by atoms with Crippen LogP contribution in [0.3, 0.4) is 0 Å². The van der Waals surface area contributed by atoms with Crippen molar-refractivity contribution in [3.63, 3.8) is 0 Å². The van der Waals surface area contributed by atoms with Crippen molar-refractivity contribution >= 4 is 0 Å². The van der Waals surface area contributed by atoms with E-state index in [1.54, 1.807) is 6.92 Å². The van der Waals surface area contributed by atoms with Gasteiger partial charge < -0.3 is 9.84 Å². The molecule has 2 atom stereocenters. The van der Waals surface area contributed by atoms with Crippen LogP contribution in [0.4, 0.5) is 4.39 Å². The molecule has 0 bridgehead atoms. The molecule has 2 rings (SSSR count). The highest BCUT2D eigenvalue weighted by molar-refractivity contribution is 5.17. The molecule has 0 saturated carbocycles. The second-order valence-electron chi connectivity index (χ2n) is 5.96. The Balaban J connectivity index is 2.01. The molecule has 0 spiro atoms. The van der Waals surface area contributed by atoms with Gasteiger partial charge in [0.25, 0.3) is 0 Å². The van der Waals surface area contributed by atoms with Gasteiger partial charge in [-0.3, -0.25) is 4.90 Å². The SMILES string of the molecule is CC(OCCO)C(F)CN(Cc1ccccc1)Cc1ccccc1. The van der Waals surface area contributed by atoms with Crippen LogP contribution in [0.2, 0.25) is 0 Å². The van der Waals surface area contributed by atoms with Crippen LogP contribution in [0.5, 0.6) is 0 Å². The smallest absolute Gasteiger partial charge is 0.138 e. The van der Waals surface area contributed by atoms with Crippen LogP contribution in [0.15, 0.2) is 60.7 Å². The van der Waals surface area contributed by atoms with Gasteiger partial charge in [0.1, 0.15) is 6.17 Å². The van der Waals surface area contributed by atoms with Gasteiger partial charge in [-0.25, -0.2) is 4.39 Å². The number of aliphatic hydroxyl groups is 1. The van der Waals surface area contributed by atoms with E-state index in [-0.39, 0.29) is 19.8 Å². The Morgan fingerprint density at radius 1 is 0.958 bits per heavy atom. The largest absolute Gasteiger partial charge is 0.394 e. The molecule has 2 aromatic rings. The molecule has 0 amide bonds. The maximum atomic E-state index is 14.5. The predicted octanol–water partition coefficient (Wildman–Crippen LogP) is 3.42. The van der Waals surface area contributed by atoms with Crippen LogP contribution < -0.4 is 0 Å². The average molecular weight is 331 g/mol. The van der Waals surface area contributed by atoms with E-state index in [0.29, 0.717) is 13.1 Å². The molecule has 2 aromatic carbocycles. The number of aliphatic hydroxyl groups excluding tert-OH is 1. The van der Waals surface area contributed by atoms with E-state index in [9.17, 15) is 4.39 Å². The molecule has 4 heteroatoms. The fraction of sp³-hybridized carbons (Fsp3) is 0.400. The van der Waals surface area contributed by atoms with Crippen LogP contribution in [-0.2, 0) is 17.8 Å². The Bertz CT molecular complexity index is 523. The Kier molecular flexibility index (Phi) is 7.89. The van der Waals surface area contributed by atoms with Crippen molar-refractivity contribution in [2.45, 2.75) is 32.3 Å². The lowest BCUT2D eigenvalue weighted by Crippen LogP contribution is -2.36. The van der Waals surface area contributed by atoms with Crippen molar-refractivity contribution in [3.8, 4) is 0 Å². The number of nitrogens with zero attached hydrogens (tertiary/aromatic N) is 1. The molecule has 0 aliphatic heterocycles. The third-order valence-electron chi connectivity index (χ3n) is 3.91. The second-order valence-corrected chi connectivity index (χ2v) is 5.96. The van der Waals surface area contributed by atoms with Gasteiger partial charge in [-0.1, -0.05) is 60.7 Å². The maximum absolute atomic E-state index is 14.5. The first-order valence-electron chi connectivity index (χ1n) is 8.35. The number of hydrogen-bond acceptors (Lipinski definition) is 3. The zero-order valence-electron chi connectivity index (χ0n) is 14.1. The van der Waals surface area contributed by atoms with Gasteiger partial charge in [-0.05, 0) is 18.1 Å². The van der Waals surface area contributed by atoms with Gasteiger partial charge in [0.2, 0.25) is 0 Å². The van der Waals surface area contributed by atoms with Crippen LogP contribution >= 0.6 is 0 Å². The molecular weight excluding hydrogens is 305 g/mol. The van der Waals surface area contributed by atoms with E-state index in [4.69, 9.17) is 9.84 Å². The zero-order valence-corrected chi connectivity index (χ0v) is 14.1. The summed E-state index contributed by atoms with van der Waals surface area (Å²) in [6, 6.07) is 20.2. The maximum Gasteiger partial charge on any atom is 0.138 e. The first-order chi connectivity index (χ1) is 11.7. The molecule has 130 valence electrons. The first kappa shape index (κ1) is 18.6. The van der Waals surface area contributed by atoms with E-state index in [0.717, 1.165) is 11.1 Å². The van der Waals surface area contributed by atoms with Gasteiger partial charge in [-0.2, -0.15) is 0 Å². The lowest BCUT2D eigenvalue weighted by Gasteiger charge is -2.27. The van der Waals surface area contributed by atoms with Crippen LogP contribution in [0.25, 0.3) is 0 Å². The summed E-state index contributed by atoms with van der Waals surface area (Å²) >= 11 is 0. The standard InChI is InChI=1S/C20H26FNO2/c1-17(24-13-12-23)20(21)16-22(14-18-8-4-2-5-9-18)15-19-10-6-3-7-11-19/h2-11,17,20,23H,12-16H2,1H3. The monoisotopic (exact) mass is 331 g/mol. The minimum Gasteiger partial charge on any atom is -0.394 e. The minimum absolute atomic E-state index is 0.0885. The molecule has 0 aliphatic rings. The Morgan fingerprint density at radius 2 is 1.46 bits per heavy atom. The number of hydrogen-bond donors (Lipinski definition) is 1. The molecule has 0 saturated heterocycles. The van der Waals surface area contributed by atoms with Crippen molar-refractivity contribution in [1.82, 2.24) is 4.90 Å². The van der Waals surface area contributed by atoms with Gasteiger partial charge in [0, 0.05) is 19.6 Å². The minimum atomic E-state index is -1.11. The zero-order chi connectivity index (χ0) is 17.2. The average Bonchev–Trinajstić information content (AvgIpc) is 2.61. The molecule has 0 radical (unpaired) electrons. The third kappa shape index (κ3) is 6.40. The number of rotatable bonds is 10. The molecule has 3 nitrogen and oxygen atoms in total. The third-order valence-corrected chi connectivity index (χ3v) is 3.91. The van der Waals surface area contributed by atoms with Crippen LogP contribution in [0, 0.1) is 0 Å². The van der Waals surface area contributed by atoms with E-state index in [2.05, 4.69) is 29.2 Å². The van der Waals surface area contributed by atoms with Gasteiger partial charge in [0.15, 0.2) is 0 Å². The summed E-state index contributed by atoms with van der Waals surface area (Å²) in [5.74, 6) is 0. The number of halogens is 1. The van der Waals surface area contributed by atoms with Crippen molar-refractivity contribution in [2.75, 3.05) is 19.8 Å². The van der Waals surface area contributed by atoms with E-state index in [1.807, 2.05) is 36.4 Å².